The van der Waals surface area contributed by atoms with E-state index in [1.165, 1.54) is 19.3 Å². The van der Waals surface area contributed by atoms with Crippen LogP contribution in [-0.2, 0) is 0 Å². The van der Waals surface area contributed by atoms with Crippen molar-refractivity contribution in [1.29, 1.82) is 0 Å². The molecule has 0 radical (unpaired) electrons. The predicted molar refractivity (Wildman–Crippen MR) is 76.4 cm³/mol. The van der Waals surface area contributed by atoms with Gasteiger partial charge in [-0.1, -0.05) is 6.92 Å². The van der Waals surface area contributed by atoms with Gasteiger partial charge < -0.3 is 5.32 Å². The summed E-state index contributed by atoms with van der Waals surface area (Å²) in [6.07, 6.45) is 3.68. The highest BCUT2D eigenvalue weighted by atomic mass is 15.2. The molecule has 0 aromatic heterocycles. The van der Waals surface area contributed by atoms with Gasteiger partial charge in [0.15, 0.2) is 0 Å². The summed E-state index contributed by atoms with van der Waals surface area (Å²) in [4.78, 5) is 2.56. The summed E-state index contributed by atoms with van der Waals surface area (Å²) in [5, 5.41) is 3.83. The monoisotopic (exact) mass is 240 g/mol. The summed E-state index contributed by atoms with van der Waals surface area (Å²) in [6, 6.07) is 0.677. The van der Waals surface area contributed by atoms with Gasteiger partial charge in [0.05, 0.1) is 0 Å². The lowest BCUT2D eigenvalue weighted by atomic mass is 9.76. The van der Waals surface area contributed by atoms with Crippen LogP contribution in [0.5, 0.6) is 0 Å². The maximum atomic E-state index is 3.83. The van der Waals surface area contributed by atoms with E-state index in [9.17, 15) is 0 Å². The molecule has 1 saturated heterocycles. The van der Waals surface area contributed by atoms with Crippen molar-refractivity contribution >= 4 is 0 Å². The Hall–Kier alpha value is -0.0800. The van der Waals surface area contributed by atoms with Gasteiger partial charge in [0.2, 0.25) is 0 Å². The smallest absolute Gasteiger partial charge is 0.0170 e. The molecule has 1 heterocycles. The first-order chi connectivity index (χ1) is 7.49. The summed E-state index contributed by atoms with van der Waals surface area (Å²) in [7, 11) is 2.28. The van der Waals surface area contributed by atoms with E-state index in [1.807, 2.05) is 0 Å². The molecule has 1 rings (SSSR count). The molecule has 1 N–H and O–H groups in total. The van der Waals surface area contributed by atoms with Gasteiger partial charge in [-0.25, -0.2) is 0 Å². The van der Waals surface area contributed by atoms with Crippen molar-refractivity contribution in [1.82, 2.24) is 10.2 Å². The van der Waals surface area contributed by atoms with Gasteiger partial charge in [-0.2, -0.15) is 0 Å². The Morgan fingerprint density at radius 1 is 1.18 bits per heavy atom. The Morgan fingerprint density at radius 2 is 1.71 bits per heavy atom. The van der Waals surface area contributed by atoms with Gasteiger partial charge in [0, 0.05) is 22.7 Å². The molecular weight excluding hydrogens is 208 g/mol. The van der Waals surface area contributed by atoms with Crippen LogP contribution >= 0.6 is 0 Å². The van der Waals surface area contributed by atoms with Crippen LogP contribution < -0.4 is 5.32 Å². The number of nitrogens with one attached hydrogen (secondary N) is 1. The molecule has 0 spiro atoms. The second-order valence-corrected chi connectivity index (χ2v) is 7.77. The first kappa shape index (κ1) is 15.0. The highest BCUT2D eigenvalue weighted by Gasteiger charge is 2.42. The first-order valence-electron chi connectivity index (χ1n) is 7.01. The lowest BCUT2D eigenvalue weighted by Crippen LogP contribution is -2.64. The van der Waals surface area contributed by atoms with E-state index >= 15 is 0 Å². The normalized spacial score (nSPS) is 34.1. The van der Waals surface area contributed by atoms with E-state index in [1.54, 1.807) is 0 Å². The minimum atomic E-state index is 0.243. The lowest BCUT2D eigenvalue weighted by molar-refractivity contribution is 0.0259. The molecule has 17 heavy (non-hydrogen) atoms. The quantitative estimate of drug-likeness (QED) is 0.795. The Kier molecular flexibility index (Phi) is 4.01. The summed E-state index contributed by atoms with van der Waals surface area (Å²) in [5.74, 6) is 0. The molecule has 0 saturated carbocycles. The molecule has 1 aliphatic heterocycles. The van der Waals surface area contributed by atoms with Crippen molar-refractivity contribution in [2.75, 3.05) is 7.05 Å². The van der Waals surface area contributed by atoms with Crippen LogP contribution in [0.4, 0.5) is 0 Å². The van der Waals surface area contributed by atoms with Crippen LogP contribution in [0.3, 0.4) is 0 Å². The maximum absolute atomic E-state index is 3.83. The number of nitrogens with zero attached hydrogens (tertiary/aromatic N) is 1. The second kappa shape index (κ2) is 4.55. The Balaban J connectivity index is 2.88. The summed E-state index contributed by atoms with van der Waals surface area (Å²) in [5.41, 5.74) is 0.784. The Bertz CT molecular complexity index is 265. The molecule has 2 atom stereocenters. The second-order valence-electron chi connectivity index (χ2n) is 7.77. The number of hydrogen-bond donors (Lipinski definition) is 1. The molecule has 0 amide bonds. The average molecular weight is 240 g/mol. The zero-order chi connectivity index (χ0) is 13.5. The third kappa shape index (κ3) is 3.69. The Labute approximate surface area is 108 Å². The largest absolute Gasteiger partial charge is 0.306 e. The summed E-state index contributed by atoms with van der Waals surface area (Å²) < 4.78 is 0. The van der Waals surface area contributed by atoms with E-state index < -0.39 is 0 Å². The number of piperidine rings is 1. The summed E-state index contributed by atoms with van der Waals surface area (Å²) in [6.45, 7) is 16.3. The molecule has 0 bridgehead atoms. The molecule has 2 unspecified atom stereocenters. The highest BCUT2D eigenvalue weighted by Crippen LogP contribution is 2.35. The molecule has 2 heteroatoms. The van der Waals surface area contributed by atoms with E-state index in [0.717, 1.165) is 0 Å². The van der Waals surface area contributed by atoms with Gasteiger partial charge in [-0.3, -0.25) is 4.90 Å². The zero-order valence-electron chi connectivity index (χ0n) is 13.1. The van der Waals surface area contributed by atoms with Gasteiger partial charge in [0.1, 0.15) is 0 Å². The van der Waals surface area contributed by atoms with Gasteiger partial charge >= 0.3 is 0 Å². The Morgan fingerprint density at radius 3 is 2.12 bits per heavy atom. The van der Waals surface area contributed by atoms with Gasteiger partial charge in [0.25, 0.3) is 0 Å². The maximum Gasteiger partial charge on any atom is 0.0170 e. The fraction of sp³-hybridized carbons (Fsp3) is 1.00. The van der Waals surface area contributed by atoms with Crippen molar-refractivity contribution in [3.63, 3.8) is 0 Å². The van der Waals surface area contributed by atoms with Crippen molar-refractivity contribution in [2.24, 2.45) is 0 Å². The molecule has 0 aromatic carbocycles. The lowest BCUT2D eigenvalue weighted by Gasteiger charge is -2.52. The predicted octanol–water partition coefficient (Wildman–Crippen LogP) is 3.42. The van der Waals surface area contributed by atoms with Gasteiger partial charge in [-0.15, -0.1) is 0 Å². The highest BCUT2D eigenvalue weighted by molar-refractivity contribution is 5.02. The number of rotatable bonds is 2. The third-order valence-corrected chi connectivity index (χ3v) is 4.46. The fourth-order valence-corrected chi connectivity index (χ4v) is 3.15. The SMILES string of the molecule is CCC1(C)CC(N(C)C(C)(C)C)CC(C)(C)N1. The van der Waals surface area contributed by atoms with Crippen LogP contribution in [0.25, 0.3) is 0 Å². The van der Waals surface area contributed by atoms with Crippen molar-refractivity contribution < 1.29 is 0 Å². The average Bonchev–Trinajstić information content (AvgIpc) is 2.12. The van der Waals surface area contributed by atoms with Crippen LogP contribution in [0.15, 0.2) is 0 Å². The molecular formula is C15H32N2. The number of hydrogen-bond acceptors (Lipinski definition) is 2. The standard InChI is InChI=1S/C15H32N2/c1-9-15(7)11-12(10-14(5,6)16-15)17(8)13(2,3)4/h12,16H,9-11H2,1-8H3. The molecule has 1 aliphatic rings. The summed E-state index contributed by atoms with van der Waals surface area (Å²) >= 11 is 0. The minimum Gasteiger partial charge on any atom is -0.306 e. The van der Waals surface area contributed by atoms with E-state index in [4.69, 9.17) is 0 Å². The van der Waals surface area contributed by atoms with E-state index in [2.05, 4.69) is 65.7 Å². The third-order valence-electron chi connectivity index (χ3n) is 4.46. The van der Waals surface area contributed by atoms with E-state index in [0.29, 0.717) is 6.04 Å². The van der Waals surface area contributed by atoms with Crippen LogP contribution in [0.2, 0.25) is 0 Å². The molecule has 0 aliphatic carbocycles. The zero-order valence-corrected chi connectivity index (χ0v) is 13.1. The molecule has 102 valence electrons. The van der Waals surface area contributed by atoms with Crippen LogP contribution in [0, 0.1) is 0 Å². The van der Waals surface area contributed by atoms with Crippen molar-refractivity contribution in [3.05, 3.63) is 0 Å². The molecule has 0 aromatic rings. The fourth-order valence-electron chi connectivity index (χ4n) is 3.15. The minimum absolute atomic E-state index is 0.243. The van der Waals surface area contributed by atoms with Gasteiger partial charge in [-0.05, 0) is 67.9 Å². The molecule has 1 fully saturated rings. The topological polar surface area (TPSA) is 15.3 Å². The van der Waals surface area contributed by atoms with Crippen molar-refractivity contribution in [2.45, 2.75) is 90.4 Å². The van der Waals surface area contributed by atoms with Crippen molar-refractivity contribution in [3.8, 4) is 0 Å². The van der Waals surface area contributed by atoms with E-state index in [-0.39, 0.29) is 16.6 Å². The first-order valence-corrected chi connectivity index (χ1v) is 7.01. The van der Waals surface area contributed by atoms with Crippen LogP contribution in [-0.4, -0.2) is 34.6 Å². The van der Waals surface area contributed by atoms with Crippen LogP contribution in [0.1, 0.15) is 67.7 Å². The molecule has 2 nitrogen and oxygen atoms in total.